The zero-order valence-electron chi connectivity index (χ0n) is 41.0. The highest BCUT2D eigenvalue weighted by atomic mass is 19.4. The molecule has 386 valence electrons. The van der Waals surface area contributed by atoms with E-state index in [9.17, 15) is 45.5 Å². The van der Waals surface area contributed by atoms with Crippen LogP contribution in [0.15, 0.2) is 110 Å². The maximum Gasteiger partial charge on any atom is 0.416 e. The molecule has 4 heterocycles. The highest BCUT2D eigenvalue weighted by Crippen LogP contribution is 2.35. The maximum atomic E-state index is 13.9. The summed E-state index contributed by atoms with van der Waals surface area (Å²) in [6, 6.07) is 16.4. The molecule has 0 radical (unpaired) electrons. The number of nitrogens with two attached hydrogens (primary N) is 1. The molecule has 0 unspecified atom stereocenters. The molecule has 22 heteroatoms. The quantitative estimate of drug-likeness (QED) is 0.0884. The first-order valence-electron chi connectivity index (χ1n) is 22.8. The summed E-state index contributed by atoms with van der Waals surface area (Å²) in [4.78, 5) is 60.8. The van der Waals surface area contributed by atoms with Gasteiger partial charge in [-0.3, -0.25) is 19.3 Å². The van der Waals surface area contributed by atoms with Gasteiger partial charge in [-0.25, -0.2) is 14.8 Å². The van der Waals surface area contributed by atoms with E-state index >= 15 is 0 Å². The van der Waals surface area contributed by atoms with E-state index in [1.54, 1.807) is 44.3 Å². The molecule has 16 nitrogen and oxygen atoms in total. The number of aromatic nitrogens is 6. The number of anilines is 2. The SMILES string of the molecule is CNC(=O)n1cc(C#Cc2cc(C(=O)Nc3ccc(CN4CCN(C)CC4)c(C(F)(F)F)c3)ccc2C)cn1.Cc1ccc(C(=O)Nc2cc(-n3ccnc3)cc(C(F)(F)F)c2)cc1C#Cc1cnc(C(N)=O)n1C. The van der Waals surface area contributed by atoms with Crippen LogP contribution in [-0.2, 0) is 25.9 Å². The van der Waals surface area contributed by atoms with Crippen LogP contribution in [0, 0.1) is 37.5 Å². The number of halogens is 6. The number of primary amides is 1. The molecular formula is C53H48F6N12O4. The number of carbonyl (C=O) groups is 4. The number of likely N-dealkylation sites (N-methyl/N-ethyl adjacent to an activating group) is 1. The van der Waals surface area contributed by atoms with Gasteiger partial charge in [0.15, 0.2) is 5.82 Å². The molecule has 1 saturated heterocycles. The van der Waals surface area contributed by atoms with E-state index in [4.69, 9.17) is 5.73 Å². The number of nitrogens with one attached hydrogen (secondary N) is 3. The van der Waals surface area contributed by atoms with Gasteiger partial charge in [0, 0.05) is 98.5 Å². The van der Waals surface area contributed by atoms with Crippen molar-refractivity contribution in [1.29, 1.82) is 0 Å². The number of rotatable bonds is 8. The van der Waals surface area contributed by atoms with Crippen molar-refractivity contribution in [3.63, 3.8) is 0 Å². The first-order valence-corrected chi connectivity index (χ1v) is 22.8. The predicted octanol–water partition coefficient (Wildman–Crippen LogP) is 7.48. The highest BCUT2D eigenvalue weighted by Gasteiger charge is 2.35. The number of imidazole rings is 2. The average molecular weight is 1030 g/mol. The third-order valence-electron chi connectivity index (χ3n) is 11.8. The maximum absolute atomic E-state index is 13.9. The summed E-state index contributed by atoms with van der Waals surface area (Å²) < 4.78 is 86.1. The third-order valence-corrected chi connectivity index (χ3v) is 11.8. The van der Waals surface area contributed by atoms with Gasteiger partial charge in [-0.05, 0) is 98.1 Å². The summed E-state index contributed by atoms with van der Waals surface area (Å²) in [5.74, 6) is 9.90. The van der Waals surface area contributed by atoms with Crippen molar-refractivity contribution in [3.05, 3.63) is 177 Å². The normalized spacial score (nSPS) is 12.8. The minimum Gasteiger partial charge on any atom is -0.363 e. The lowest BCUT2D eigenvalue weighted by Crippen LogP contribution is -2.44. The van der Waals surface area contributed by atoms with Gasteiger partial charge in [-0.1, -0.05) is 36.0 Å². The Balaban J connectivity index is 0.000000219. The largest absolute Gasteiger partial charge is 0.416 e. The van der Waals surface area contributed by atoms with E-state index in [1.165, 1.54) is 77.8 Å². The summed E-state index contributed by atoms with van der Waals surface area (Å²) in [7, 11) is 5.08. The second kappa shape index (κ2) is 22.8. The molecule has 0 aliphatic carbocycles. The van der Waals surface area contributed by atoms with Crippen LogP contribution in [0.3, 0.4) is 0 Å². The van der Waals surface area contributed by atoms with E-state index < -0.39 is 47.2 Å². The summed E-state index contributed by atoms with van der Waals surface area (Å²) in [6.07, 6.45) is -0.535. The van der Waals surface area contributed by atoms with E-state index in [-0.39, 0.29) is 46.1 Å². The van der Waals surface area contributed by atoms with Crippen LogP contribution in [0.1, 0.15) is 81.5 Å². The molecule has 3 aromatic heterocycles. The predicted molar refractivity (Wildman–Crippen MR) is 267 cm³/mol. The molecular weight excluding hydrogens is 983 g/mol. The van der Waals surface area contributed by atoms with Crippen LogP contribution in [-0.4, -0.2) is 103 Å². The van der Waals surface area contributed by atoms with Crippen molar-refractivity contribution >= 4 is 35.1 Å². The lowest BCUT2D eigenvalue weighted by atomic mass is 10.0. The number of hydrogen-bond acceptors (Lipinski definition) is 9. The summed E-state index contributed by atoms with van der Waals surface area (Å²) in [6.45, 7) is 6.82. The van der Waals surface area contributed by atoms with Crippen LogP contribution in [0.2, 0.25) is 0 Å². The topological polar surface area (TPSA) is 190 Å². The summed E-state index contributed by atoms with van der Waals surface area (Å²) in [5.41, 5.74) is 8.07. The van der Waals surface area contributed by atoms with Crippen molar-refractivity contribution < 1.29 is 45.5 Å². The van der Waals surface area contributed by atoms with Gasteiger partial charge in [-0.15, -0.1) is 0 Å². The van der Waals surface area contributed by atoms with Crippen molar-refractivity contribution in [1.82, 2.24) is 44.0 Å². The Morgan fingerprint density at radius 3 is 1.95 bits per heavy atom. The minimum absolute atomic E-state index is 0.0272. The molecule has 75 heavy (non-hydrogen) atoms. The Kier molecular flexibility index (Phi) is 16.4. The second-order valence-corrected chi connectivity index (χ2v) is 17.3. The number of alkyl halides is 6. The average Bonchev–Trinajstić information content (AvgIpc) is 4.17. The van der Waals surface area contributed by atoms with Crippen LogP contribution in [0.4, 0.5) is 42.5 Å². The van der Waals surface area contributed by atoms with Crippen molar-refractivity contribution in [2.45, 2.75) is 32.7 Å². The number of nitrogens with zero attached hydrogens (tertiary/aromatic N) is 8. The van der Waals surface area contributed by atoms with E-state index in [0.29, 0.717) is 35.5 Å². The van der Waals surface area contributed by atoms with Gasteiger partial charge in [0.1, 0.15) is 5.69 Å². The zero-order chi connectivity index (χ0) is 54.2. The van der Waals surface area contributed by atoms with Crippen LogP contribution >= 0.6 is 0 Å². The lowest BCUT2D eigenvalue weighted by Gasteiger charge is -2.33. The second-order valence-electron chi connectivity index (χ2n) is 17.3. The van der Waals surface area contributed by atoms with Crippen molar-refractivity contribution in [2.75, 3.05) is 50.9 Å². The number of aryl methyl sites for hydroxylation is 2. The van der Waals surface area contributed by atoms with Crippen molar-refractivity contribution in [3.8, 4) is 29.4 Å². The van der Waals surface area contributed by atoms with Crippen LogP contribution in [0.25, 0.3) is 5.69 Å². The summed E-state index contributed by atoms with van der Waals surface area (Å²) >= 11 is 0. The molecule has 8 rings (SSSR count). The number of hydrogen-bond donors (Lipinski definition) is 4. The van der Waals surface area contributed by atoms with Crippen molar-refractivity contribution in [2.24, 2.45) is 12.8 Å². The zero-order valence-corrected chi connectivity index (χ0v) is 41.0. The first-order chi connectivity index (χ1) is 35.6. The van der Waals surface area contributed by atoms with Crippen LogP contribution in [0.5, 0.6) is 0 Å². The van der Waals surface area contributed by atoms with E-state index in [1.807, 2.05) is 18.9 Å². The molecule has 5 N–H and O–H groups in total. The number of carbonyl (C=O) groups excluding carboxylic acids is 4. The van der Waals surface area contributed by atoms with Gasteiger partial charge < -0.3 is 35.7 Å². The molecule has 7 aromatic rings. The Morgan fingerprint density at radius 1 is 0.733 bits per heavy atom. The fourth-order valence-corrected chi connectivity index (χ4v) is 7.55. The Hall–Kier alpha value is -8.99. The molecule has 0 bridgehead atoms. The third kappa shape index (κ3) is 13.7. The number of amides is 4. The van der Waals surface area contributed by atoms with Crippen LogP contribution < -0.4 is 21.7 Å². The molecule has 1 aliphatic heterocycles. The molecule has 0 spiro atoms. The summed E-state index contributed by atoms with van der Waals surface area (Å²) in [5, 5.41) is 11.5. The monoisotopic (exact) mass is 1030 g/mol. The van der Waals surface area contributed by atoms with Gasteiger partial charge in [-0.2, -0.15) is 36.1 Å². The molecule has 0 atom stereocenters. The molecule has 4 amide bonds. The van der Waals surface area contributed by atoms with Gasteiger partial charge in [0.25, 0.3) is 17.7 Å². The van der Waals surface area contributed by atoms with E-state index in [2.05, 4.69) is 59.6 Å². The fourth-order valence-electron chi connectivity index (χ4n) is 7.55. The van der Waals surface area contributed by atoms with E-state index in [0.717, 1.165) is 47.1 Å². The number of piperazine rings is 1. The Labute approximate surface area is 426 Å². The lowest BCUT2D eigenvalue weighted by molar-refractivity contribution is -0.139. The smallest absolute Gasteiger partial charge is 0.363 e. The highest BCUT2D eigenvalue weighted by molar-refractivity contribution is 6.05. The minimum atomic E-state index is -4.61. The Morgan fingerprint density at radius 2 is 1.37 bits per heavy atom. The first kappa shape index (κ1) is 53.8. The van der Waals surface area contributed by atoms with Gasteiger partial charge in [0.05, 0.1) is 41.6 Å². The van der Waals surface area contributed by atoms with Gasteiger partial charge >= 0.3 is 18.4 Å². The fraction of sp³-hybridized carbons (Fsp3) is 0.226. The molecule has 1 fully saturated rings. The molecule has 1 aliphatic rings. The number of benzene rings is 4. The molecule has 0 saturated carbocycles. The van der Waals surface area contributed by atoms with Gasteiger partial charge in [0.2, 0.25) is 0 Å². The Bertz CT molecular complexity index is 3400. The standard InChI is InChI=1S/C28H29F3N6O2.C25H19F3N6O2/c1-19-4-6-22(14-21(19)7-5-20-16-33-37(17-20)27(39)32-2)26(38)34-24-9-8-23(25(15-24)28(29,30)31)18-36-12-10-35(3)11-13-36;1-15-3-4-17(9-16(15)5-6-20-13-31-23(22(29)35)33(20)2)24(36)32-19-10-18(25(26,27)28)11-21(12-19)34-8-7-30-14-34/h4,6,8-9,14-17H,10-13,18H2,1-3H3,(H,32,39)(H,34,38);3-4,7-14H,1-2H3,(H2,29,35)(H,32,36). The molecule has 4 aromatic carbocycles.